The van der Waals surface area contributed by atoms with E-state index in [9.17, 15) is 4.79 Å². The van der Waals surface area contributed by atoms with Crippen LogP contribution in [-0.2, 0) is 0 Å². The Morgan fingerprint density at radius 3 is 2.95 bits per heavy atom. The summed E-state index contributed by atoms with van der Waals surface area (Å²) >= 11 is 11.8. The lowest BCUT2D eigenvalue weighted by atomic mass is 10.2. The standard InChI is InChI=1S/C14H9ClN2OS2/c15-11-3-2-9(19)6-10(11)14(18)17-8-1-4-12-13(5-8)20-7-16-12/h1-7,19H,(H,17,18). The second-order valence-corrected chi connectivity index (χ2v) is 5.96. The summed E-state index contributed by atoms with van der Waals surface area (Å²) in [7, 11) is 0. The van der Waals surface area contributed by atoms with Crippen LogP contribution in [0.2, 0.25) is 5.02 Å². The fourth-order valence-corrected chi connectivity index (χ4v) is 2.94. The van der Waals surface area contributed by atoms with E-state index < -0.39 is 0 Å². The lowest BCUT2D eigenvalue weighted by Gasteiger charge is -2.07. The molecule has 1 N–H and O–H groups in total. The van der Waals surface area contributed by atoms with E-state index in [1.165, 1.54) is 11.3 Å². The molecule has 3 nitrogen and oxygen atoms in total. The normalized spacial score (nSPS) is 10.7. The molecule has 0 aliphatic rings. The Hall–Kier alpha value is -1.56. The maximum atomic E-state index is 12.2. The van der Waals surface area contributed by atoms with Crippen LogP contribution in [0.25, 0.3) is 10.2 Å². The highest BCUT2D eigenvalue weighted by molar-refractivity contribution is 7.80. The van der Waals surface area contributed by atoms with Gasteiger partial charge in [0.2, 0.25) is 0 Å². The number of thiol groups is 1. The van der Waals surface area contributed by atoms with Gasteiger partial charge in [-0.1, -0.05) is 11.6 Å². The Labute approximate surface area is 130 Å². The molecule has 0 fully saturated rings. The third kappa shape index (κ3) is 2.65. The molecule has 1 aromatic heterocycles. The zero-order valence-corrected chi connectivity index (χ0v) is 12.6. The van der Waals surface area contributed by atoms with Gasteiger partial charge in [0.15, 0.2) is 0 Å². The molecule has 0 bridgehead atoms. The van der Waals surface area contributed by atoms with Gasteiger partial charge in [-0.25, -0.2) is 4.98 Å². The topological polar surface area (TPSA) is 42.0 Å². The molecule has 3 rings (SSSR count). The number of nitrogens with zero attached hydrogens (tertiary/aromatic N) is 1. The minimum absolute atomic E-state index is 0.255. The summed E-state index contributed by atoms with van der Waals surface area (Å²) in [6.45, 7) is 0. The van der Waals surface area contributed by atoms with Crippen LogP contribution < -0.4 is 5.32 Å². The van der Waals surface area contributed by atoms with E-state index >= 15 is 0 Å². The molecule has 0 saturated heterocycles. The number of carbonyl (C=O) groups excluding carboxylic acids is 1. The van der Waals surface area contributed by atoms with Gasteiger partial charge in [-0.3, -0.25) is 4.79 Å². The van der Waals surface area contributed by atoms with Crippen molar-refractivity contribution in [3.05, 3.63) is 52.5 Å². The highest BCUT2D eigenvalue weighted by atomic mass is 35.5. The summed E-state index contributed by atoms with van der Waals surface area (Å²) in [6, 6.07) is 10.6. The van der Waals surface area contributed by atoms with Gasteiger partial charge >= 0.3 is 0 Å². The SMILES string of the molecule is O=C(Nc1ccc2ncsc2c1)c1cc(S)ccc1Cl. The van der Waals surface area contributed by atoms with Crippen molar-refractivity contribution in [2.24, 2.45) is 0 Å². The Balaban J connectivity index is 1.89. The average molecular weight is 321 g/mol. The van der Waals surface area contributed by atoms with E-state index in [2.05, 4.69) is 22.9 Å². The lowest BCUT2D eigenvalue weighted by molar-refractivity contribution is 0.102. The molecule has 100 valence electrons. The van der Waals surface area contributed by atoms with Crippen molar-refractivity contribution in [2.75, 3.05) is 5.32 Å². The van der Waals surface area contributed by atoms with E-state index in [1.807, 2.05) is 18.2 Å². The highest BCUT2D eigenvalue weighted by Crippen LogP contribution is 2.24. The van der Waals surface area contributed by atoms with Gasteiger partial charge in [0.05, 0.1) is 26.3 Å². The summed E-state index contributed by atoms with van der Waals surface area (Å²) in [4.78, 5) is 17.1. The molecule has 20 heavy (non-hydrogen) atoms. The number of halogens is 1. The second-order valence-electron chi connectivity index (χ2n) is 4.15. The minimum atomic E-state index is -0.255. The number of fused-ring (bicyclic) bond motifs is 1. The molecule has 0 radical (unpaired) electrons. The molecule has 0 spiro atoms. The molecule has 0 aliphatic heterocycles. The molecule has 0 atom stereocenters. The lowest BCUT2D eigenvalue weighted by Crippen LogP contribution is -2.12. The number of amides is 1. The first-order chi connectivity index (χ1) is 9.63. The van der Waals surface area contributed by atoms with Gasteiger partial charge in [0.1, 0.15) is 0 Å². The summed E-state index contributed by atoms with van der Waals surface area (Å²) in [5, 5.41) is 3.23. The van der Waals surface area contributed by atoms with E-state index in [0.29, 0.717) is 21.2 Å². The van der Waals surface area contributed by atoms with Crippen molar-refractivity contribution in [1.82, 2.24) is 4.98 Å². The van der Waals surface area contributed by atoms with Crippen LogP contribution in [0.5, 0.6) is 0 Å². The van der Waals surface area contributed by atoms with Gasteiger partial charge in [0.25, 0.3) is 5.91 Å². The molecular weight excluding hydrogens is 312 g/mol. The van der Waals surface area contributed by atoms with E-state index in [-0.39, 0.29) is 5.91 Å². The fourth-order valence-electron chi connectivity index (χ4n) is 1.82. The number of anilines is 1. The van der Waals surface area contributed by atoms with E-state index in [0.717, 1.165) is 10.2 Å². The first-order valence-corrected chi connectivity index (χ1v) is 7.47. The number of hydrogen-bond donors (Lipinski definition) is 2. The predicted molar refractivity (Wildman–Crippen MR) is 86.3 cm³/mol. The van der Waals surface area contributed by atoms with Gasteiger partial charge < -0.3 is 5.32 Å². The number of rotatable bonds is 2. The zero-order valence-electron chi connectivity index (χ0n) is 10.1. The van der Waals surface area contributed by atoms with Crippen molar-refractivity contribution in [1.29, 1.82) is 0 Å². The van der Waals surface area contributed by atoms with Crippen LogP contribution in [0.4, 0.5) is 5.69 Å². The highest BCUT2D eigenvalue weighted by Gasteiger charge is 2.11. The van der Waals surface area contributed by atoms with Crippen molar-refractivity contribution < 1.29 is 4.79 Å². The molecule has 0 unspecified atom stereocenters. The number of nitrogens with one attached hydrogen (secondary N) is 1. The Morgan fingerprint density at radius 2 is 2.10 bits per heavy atom. The maximum absolute atomic E-state index is 12.2. The summed E-state index contributed by atoms with van der Waals surface area (Å²) in [5.74, 6) is -0.255. The molecular formula is C14H9ClN2OS2. The second kappa shape index (κ2) is 5.44. The smallest absolute Gasteiger partial charge is 0.257 e. The summed E-state index contributed by atoms with van der Waals surface area (Å²) in [5.41, 5.74) is 3.82. The van der Waals surface area contributed by atoms with Crippen LogP contribution >= 0.6 is 35.6 Å². The van der Waals surface area contributed by atoms with Crippen LogP contribution in [0.1, 0.15) is 10.4 Å². The third-order valence-electron chi connectivity index (χ3n) is 2.78. The molecule has 2 aromatic carbocycles. The first-order valence-electron chi connectivity index (χ1n) is 5.76. The number of hydrogen-bond acceptors (Lipinski definition) is 4. The average Bonchev–Trinajstić information content (AvgIpc) is 2.89. The van der Waals surface area contributed by atoms with Gasteiger partial charge in [-0.15, -0.1) is 24.0 Å². The van der Waals surface area contributed by atoms with Gasteiger partial charge in [-0.05, 0) is 36.4 Å². The first kappa shape index (κ1) is 13.4. The van der Waals surface area contributed by atoms with E-state index in [4.69, 9.17) is 11.6 Å². The third-order valence-corrected chi connectivity index (χ3v) is 4.18. The molecule has 0 saturated carbocycles. The largest absolute Gasteiger partial charge is 0.322 e. The zero-order chi connectivity index (χ0) is 14.1. The summed E-state index contributed by atoms with van der Waals surface area (Å²) < 4.78 is 1.02. The predicted octanol–water partition coefficient (Wildman–Crippen LogP) is 4.49. The number of thiazole rings is 1. The molecule has 1 amide bonds. The fraction of sp³-hybridized carbons (Fsp3) is 0. The van der Waals surface area contributed by atoms with Gasteiger partial charge in [0, 0.05) is 10.6 Å². The number of carbonyl (C=O) groups is 1. The van der Waals surface area contributed by atoms with Crippen molar-refractivity contribution in [3.8, 4) is 0 Å². The van der Waals surface area contributed by atoms with E-state index in [1.54, 1.807) is 23.7 Å². The molecule has 6 heteroatoms. The van der Waals surface area contributed by atoms with Crippen LogP contribution in [0, 0.1) is 0 Å². The molecule has 1 heterocycles. The molecule has 3 aromatic rings. The van der Waals surface area contributed by atoms with Crippen molar-refractivity contribution in [2.45, 2.75) is 4.90 Å². The van der Waals surface area contributed by atoms with Crippen LogP contribution in [-0.4, -0.2) is 10.9 Å². The molecule has 0 aliphatic carbocycles. The van der Waals surface area contributed by atoms with Crippen LogP contribution in [0.15, 0.2) is 46.8 Å². The number of aromatic nitrogens is 1. The quantitative estimate of drug-likeness (QED) is 0.683. The number of benzene rings is 2. The Bertz CT molecular complexity index is 801. The van der Waals surface area contributed by atoms with Crippen molar-refractivity contribution >= 4 is 57.4 Å². The maximum Gasteiger partial charge on any atom is 0.257 e. The minimum Gasteiger partial charge on any atom is -0.322 e. The van der Waals surface area contributed by atoms with Gasteiger partial charge in [-0.2, -0.15) is 0 Å². The Kier molecular flexibility index (Phi) is 3.65. The van der Waals surface area contributed by atoms with Crippen molar-refractivity contribution in [3.63, 3.8) is 0 Å². The van der Waals surface area contributed by atoms with Crippen LogP contribution in [0.3, 0.4) is 0 Å². The summed E-state index contributed by atoms with van der Waals surface area (Å²) in [6.07, 6.45) is 0. The monoisotopic (exact) mass is 320 g/mol. The Morgan fingerprint density at radius 1 is 1.25 bits per heavy atom.